The predicted molar refractivity (Wildman–Crippen MR) is 103 cm³/mol. The maximum Gasteiger partial charge on any atom is 0.343 e. The van der Waals surface area contributed by atoms with Crippen LogP contribution < -0.4 is 15.7 Å². The third-order valence-electron chi connectivity index (χ3n) is 4.18. The summed E-state index contributed by atoms with van der Waals surface area (Å²) in [6, 6.07) is 12.1. The van der Waals surface area contributed by atoms with Crippen LogP contribution in [0.4, 0.5) is 0 Å². The van der Waals surface area contributed by atoms with Crippen LogP contribution >= 0.6 is 11.6 Å². The number of hydrogen-bond acceptors (Lipinski definition) is 5. The number of benzene rings is 2. The number of rotatable bonds is 5. The van der Waals surface area contributed by atoms with Crippen LogP contribution in [0.5, 0.6) is 5.75 Å². The van der Waals surface area contributed by atoms with Gasteiger partial charge in [0.05, 0.1) is 10.6 Å². The van der Waals surface area contributed by atoms with Crippen LogP contribution in [-0.4, -0.2) is 27.7 Å². The molecule has 0 bridgehead atoms. The van der Waals surface area contributed by atoms with E-state index in [9.17, 15) is 14.9 Å². The minimum atomic E-state index is -0.352. The van der Waals surface area contributed by atoms with E-state index in [1.165, 1.54) is 10.6 Å². The first-order chi connectivity index (χ1) is 13.4. The average Bonchev–Trinajstić information content (AvgIpc) is 3.03. The van der Waals surface area contributed by atoms with Gasteiger partial charge in [-0.25, -0.2) is 9.89 Å². The lowest BCUT2D eigenvalue weighted by molar-refractivity contribution is 0.0963. The molecule has 0 saturated carbocycles. The van der Waals surface area contributed by atoms with Crippen LogP contribution in [0.3, 0.4) is 0 Å². The van der Waals surface area contributed by atoms with Gasteiger partial charge in [-0.05, 0) is 23.8 Å². The number of carbonyl (C=O) groups excluding carboxylic acids is 1. The molecule has 2 aromatic carbocycles. The summed E-state index contributed by atoms with van der Waals surface area (Å²) >= 11 is 6.17. The van der Waals surface area contributed by atoms with E-state index >= 15 is 0 Å². The van der Waals surface area contributed by atoms with E-state index in [0.717, 1.165) is 0 Å². The number of ether oxygens (including phenoxy) is 1. The van der Waals surface area contributed by atoms with Crippen molar-refractivity contribution in [1.82, 2.24) is 20.1 Å². The molecule has 142 valence electrons. The first-order valence-electron chi connectivity index (χ1n) is 8.23. The minimum Gasteiger partial charge on any atom is -0.485 e. The predicted octanol–water partition coefficient (Wildman–Crippen LogP) is 2.24. The third-order valence-corrected chi connectivity index (χ3v) is 4.49. The van der Waals surface area contributed by atoms with Crippen molar-refractivity contribution in [3.05, 3.63) is 68.9 Å². The smallest absolute Gasteiger partial charge is 0.343 e. The van der Waals surface area contributed by atoms with Gasteiger partial charge in [-0.15, -0.1) is 0 Å². The Bertz CT molecular complexity index is 1140. The number of H-pyrrole nitrogens is 1. The number of carbonyl (C=O) groups is 1. The van der Waals surface area contributed by atoms with Crippen molar-refractivity contribution in [3.8, 4) is 22.9 Å². The first kappa shape index (κ1) is 19.2. The summed E-state index contributed by atoms with van der Waals surface area (Å²) < 4.78 is 7.17. The number of halogens is 1. The van der Waals surface area contributed by atoms with Crippen molar-refractivity contribution >= 4 is 17.5 Å². The highest BCUT2D eigenvalue weighted by Gasteiger charge is 2.15. The fraction of sp³-hybridized carbons (Fsp3) is 0.158. The fourth-order valence-electron chi connectivity index (χ4n) is 2.61. The van der Waals surface area contributed by atoms with E-state index in [1.807, 2.05) is 6.07 Å². The van der Waals surface area contributed by atoms with Gasteiger partial charge in [0.1, 0.15) is 18.4 Å². The Hall–Kier alpha value is -3.57. The molecule has 3 rings (SSSR count). The second-order valence-electron chi connectivity index (χ2n) is 5.89. The van der Waals surface area contributed by atoms with Crippen molar-refractivity contribution in [1.29, 1.82) is 5.26 Å². The third kappa shape index (κ3) is 3.75. The Balaban J connectivity index is 2.04. The molecule has 0 aliphatic heterocycles. The average molecular weight is 398 g/mol. The molecule has 0 aliphatic carbocycles. The van der Waals surface area contributed by atoms with Crippen molar-refractivity contribution in [3.63, 3.8) is 0 Å². The van der Waals surface area contributed by atoms with E-state index < -0.39 is 0 Å². The number of nitrogens with one attached hydrogen (secondary N) is 2. The molecule has 0 fully saturated rings. The number of amides is 1. The summed E-state index contributed by atoms with van der Waals surface area (Å²) in [5.41, 5.74) is 1.66. The van der Waals surface area contributed by atoms with Crippen LogP contribution in [-0.2, 0) is 13.7 Å². The molecule has 0 radical (unpaired) electrons. The largest absolute Gasteiger partial charge is 0.485 e. The van der Waals surface area contributed by atoms with Gasteiger partial charge in [0, 0.05) is 31.3 Å². The van der Waals surface area contributed by atoms with Gasteiger partial charge in [0.25, 0.3) is 5.91 Å². The number of aromatic amines is 1. The topological polar surface area (TPSA) is 113 Å². The zero-order valence-electron chi connectivity index (χ0n) is 15.1. The van der Waals surface area contributed by atoms with E-state index in [-0.39, 0.29) is 28.8 Å². The summed E-state index contributed by atoms with van der Waals surface area (Å²) in [5, 5.41) is 18.4. The summed E-state index contributed by atoms with van der Waals surface area (Å²) in [6.45, 7) is 0.0135. The summed E-state index contributed by atoms with van der Waals surface area (Å²) in [7, 11) is 3.12. The van der Waals surface area contributed by atoms with Crippen LogP contribution in [0.25, 0.3) is 11.1 Å². The molecule has 3 aromatic rings. The van der Waals surface area contributed by atoms with Crippen molar-refractivity contribution in [2.75, 3.05) is 7.05 Å². The van der Waals surface area contributed by atoms with E-state index in [2.05, 4.69) is 15.5 Å². The molecule has 2 N–H and O–H groups in total. The van der Waals surface area contributed by atoms with E-state index in [0.29, 0.717) is 28.3 Å². The Morgan fingerprint density at radius 3 is 2.82 bits per heavy atom. The van der Waals surface area contributed by atoms with Gasteiger partial charge >= 0.3 is 5.69 Å². The maximum atomic E-state index is 11.9. The van der Waals surface area contributed by atoms with Gasteiger partial charge in [0.2, 0.25) is 0 Å². The number of nitriles is 1. The van der Waals surface area contributed by atoms with Crippen LogP contribution in [0.2, 0.25) is 5.02 Å². The van der Waals surface area contributed by atoms with Crippen LogP contribution in [0, 0.1) is 11.3 Å². The van der Waals surface area contributed by atoms with Gasteiger partial charge in [-0.2, -0.15) is 10.4 Å². The molecule has 0 atom stereocenters. The molecule has 0 saturated heterocycles. The highest BCUT2D eigenvalue weighted by atomic mass is 35.5. The van der Waals surface area contributed by atoms with Crippen molar-refractivity contribution < 1.29 is 9.53 Å². The standard InChI is InChI=1S/C19H16ClN5O3/c1-22-18(26)12-5-3-4-11(6-12)14-7-13(9-21)15(20)8-16(14)28-10-17-23-24-19(27)25(17)2/h3-8H,10H2,1-2H3,(H,22,26)(H,24,27). The molecular formula is C19H16ClN5O3. The van der Waals surface area contributed by atoms with Crippen LogP contribution in [0.15, 0.2) is 41.2 Å². The second kappa shape index (κ2) is 7.98. The molecule has 0 aliphatic rings. The zero-order chi connectivity index (χ0) is 20.3. The minimum absolute atomic E-state index is 0.0135. The van der Waals surface area contributed by atoms with Crippen molar-refractivity contribution in [2.24, 2.45) is 7.05 Å². The molecule has 1 heterocycles. The van der Waals surface area contributed by atoms with Gasteiger partial charge in [0.15, 0.2) is 5.82 Å². The monoisotopic (exact) mass is 397 g/mol. The highest BCUT2D eigenvalue weighted by Crippen LogP contribution is 2.35. The Labute approximate surface area is 165 Å². The molecule has 0 unspecified atom stereocenters. The normalized spacial score (nSPS) is 10.4. The molecule has 1 amide bonds. The Kier molecular flexibility index (Phi) is 5.47. The Morgan fingerprint density at radius 2 is 2.18 bits per heavy atom. The number of nitrogens with zero attached hydrogens (tertiary/aromatic N) is 3. The highest BCUT2D eigenvalue weighted by molar-refractivity contribution is 6.32. The van der Waals surface area contributed by atoms with E-state index in [4.69, 9.17) is 16.3 Å². The lowest BCUT2D eigenvalue weighted by Gasteiger charge is -2.13. The summed E-state index contributed by atoms with van der Waals surface area (Å²) in [4.78, 5) is 23.5. The Morgan fingerprint density at radius 1 is 1.39 bits per heavy atom. The molecule has 0 spiro atoms. The molecule has 9 heteroatoms. The van der Waals surface area contributed by atoms with Gasteiger partial charge in [-0.1, -0.05) is 23.7 Å². The lowest BCUT2D eigenvalue weighted by Crippen LogP contribution is -2.17. The summed E-state index contributed by atoms with van der Waals surface area (Å²) in [5.74, 6) is 0.564. The fourth-order valence-corrected chi connectivity index (χ4v) is 2.80. The zero-order valence-corrected chi connectivity index (χ0v) is 15.9. The second-order valence-corrected chi connectivity index (χ2v) is 6.30. The number of hydrogen-bond donors (Lipinski definition) is 2. The quantitative estimate of drug-likeness (QED) is 0.685. The van der Waals surface area contributed by atoms with E-state index in [1.54, 1.807) is 44.4 Å². The van der Waals surface area contributed by atoms with Crippen LogP contribution in [0.1, 0.15) is 21.7 Å². The number of aromatic nitrogens is 3. The SMILES string of the molecule is CNC(=O)c1cccc(-c2cc(C#N)c(Cl)cc2OCc2n[nH]c(=O)n2C)c1. The molecular weight excluding hydrogens is 382 g/mol. The molecule has 1 aromatic heterocycles. The van der Waals surface area contributed by atoms with Gasteiger partial charge < -0.3 is 10.1 Å². The van der Waals surface area contributed by atoms with Crippen molar-refractivity contribution in [2.45, 2.75) is 6.61 Å². The van der Waals surface area contributed by atoms with Gasteiger partial charge in [-0.3, -0.25) is 9.36 Å². The molecule has 28 heavy (non-hydrogen) atoms. The molecule has 8 nitrogen and oxygen atoms in total. The lowest BCUT2D eigenvalue weighted by atomic mass is 10.00. The first-order valence-corrected chi connectivity index (χ1v) is 8.61. The summed E-state index contributed by atoms with van der Waals surface area (Å²) in [6.07, 6.45) is 0. The maximum absolute atomic E-state index is 11.9.